The minimum atomic E-state index is -0.788. The van der Waals surface area contributed by atoms with Gasteiger partial charge < -0.3 is 16.0 Å². The van der Waals surface area contributed by atoms with Crippen LogP contribution in [0.1, 0.15) is 90.9 Å². The molecule has 0 radical (unpaired) electrons. The van der Waals surface area contributed by atoms with Crippen molar-refractivity contribution in [3.8, 4) is 0 Å². The van der Waals surface area contributed by atoms with Crippen LogP contribution < -0.4 is 16.5 Å². The number of hydrogen-bond acceptors (Lipinski definition) is 5. The maximum Gasteiger partial charge on any atom is 0.251 e. The summed E-state index contributed by atoms with van der Waals surface area (Å²) in [4.78, 5) is 25.0. The van der Waals surface area contributed by atoms with Crippen molar-refractivity contribution < 1.29 is 9.83 Å². The first-order valence-electron chi connectivity index (χ1n) is 11.2. The normalized spacial score (nSPS) is 11.3. The zero-order valence-corrected chi connectivity index (χ0v) is 19.6. The van der Waals surface area contributed by atoms with E-state index in [2.05, 4.69) is 19.2 Å². The molecule has 0 aromatic carbocycles. The quantitative estimate of drug-likeness (QED) is 0.0827. The highest BCUT2D eigenvalue weighted by Crippen LogP contribution is 2.09. The van der Waals surface area contributed by atoms with Crippen LogP contribution in [-0.4, -0.2) is 47.5 Å². The van der Waals surface area contributed by atoms with Crippen LogP contribution in [-0.2, 0) is 4.79 Å². The van der Waals surface area contributed by atoms with Gasteiger partial charge in [-0.05, 0) is 25.7 Å². The van der Waals surface area contributed by atoms with E-state index in [-0.39, 0.29) is 24.3 Å². The number of nitrogens with zero attached hydrogens (tertiary/aromatic N) is 2. The Morgan fingerprint density at radius 1 is 1.00 bits per heavy atom. The minimum absolute atomic E-state index is 0. The van der Waals surface area contributed by atoms with Gasteiger partial charge >= 0.3 is 0 Å². The highest BCUT2D eigenvalue weighted by molar-refractivity contribution is 5.85. The van der Waals surface area contributed by atoms with Crippen LogP contribution in [0.4, 0.5) is 0 Å². The Balaban J connectivity index is 0. The van der Waals surface area contributed by atoms with E-state index in [0.717, 1.165) is 38.8 Å². The zero-order chi connectivity index (χ0) is 21.9. The van der Waals surface area contributed by atoms with Gasteiger partial charge in [-0.1, -0.05) is 70.6 Å². The number of nitrogens with two attached hydrogens (primary N) is 1. The zero-order valence-electron chi connectivity index (χ0n) is 18.8. The molecule has 0 fully saturated rings. The fraction of sp³-hybridized carbons (Fsp3) is 0.900. The number of carbonyl (C=O) groups is 1. The summed E-state index contributed by atoms with van der Waals surface area (Å²) in [6, 6.07) is -0.569. The number of carbonyl (C=O) groups excluding carboxylic acids is 1. The van der Waals surface area contributed by atoms with Crippen LogP contribution in [0.5, 0.6) is 0 Å². The fourth-order valence-electron chi connectivity index (χ4n) is 3.17. The molecule has 0 saturated carbocycles. The first-order valence-corrected chi connectivity index (χ1v) is 11.2. The van der Waals surface area contributed by atoms with E-state index in [1.807, 2.05) is 4.90 Å². The van der Waals surface area contributed by atoms with E-state index in [1.54, 1.807) is 5.43 Å². The Hall–Kier alpha value is -1.61. The molecule has 178 valence electrons. The molecule has 0 saturated heterocycles. The summed E-state index contributed by atoms with van der Waals surface area (Å²) < 4.78 is 0. The van der Waals surface area contributed by atoms with Crippen LogP contribution in [0, 0.1) is 15.5 Å². The molecule has 10 heteroatoms. The van der Waals surface area contributed by atoms with Crippen LogP contribution in [0.3, 0.4) is 0 Å². The summed E-state index contributed by atoms with van der Waals surface area (Å²) in [5.74, 6) is -0.370. The van der Waals surface area contributed by atoms with Crippen LogP contribution in [0.25, 0.3) is 0 Å². The number of halogens is 1. The molecule has 9 nitrogen and oxygen atoms in total. The number of rotatable bonds is 18. The molecule has 0 aliphatic rings. The Morgan fingerprint density at radius 3 is 1.97 bits per heavy atom. The molecule has 1 unspecified atom stereocenters. The second kappa shape index (κ2) is 20.7. The van der Waals surface area contributed by atoms with Crippen molar-refractivity contribution in [3.63, 3.8) is 0 Å². The van der Waals surface area contributed by atoms with E-state index >= 15 is 0 Å². The highest BCUT2D eigenvalue weighted by Gasteiger charge is 2.20. The minimum Gasteiger partial charge on any atom is -0.352 e. The lowest BCUT2D eigenvalue weighted by molar-refractivity contribution is -0.525. The summed E-state index contributed by atoms with van der Waals surface area (Å²) in [5, 5.41) is 19.4. The summed E-state index contributed by atoms with van der Waals surface area (Å²) >= 11 is 0. The van der Waals surface area contributed by atoms with Crippen molar-refractivity contribution >= 4 is 24.3 Å². The molecule has 0 aromatic heterocycles. The van der Waals surface area contributed by atoms with Crippen LogP contribution in [0.2, 0.25) is 0 Å². The van der Waals surface area contributed by atoms with Gasteiger partial charge in [0.1, 0.15) is 0 Å². The highest BCUT2D eigenvalue weighted by atomic mass is 35.5. The molecular formula is C20H43ClN6O3. The average molecular weight is 451 g/mol. The smallest absolute Gasteiger partial charge is 0.251 e. The van der Waals surface area contributed by atoms with Gasteiger partial charge in [-0.3, -0.25) is 10.2 Å². The van der Waals surface area contributed by atoms with Gasteiger partial charge in [0.15, 0.2) is 5.03 Å². The van der Waals surface area contributed by atoms with Gasteiger partial charge in [-0.15, -0.1) is 12.4 Å². The second-order valence-electron chi connectivity index (χ2n) is 7.57. The summed E-state index contributed by atoms with van der Waals surface area (Å²) in [6.07, 6.45) is 12.6. The van der Waals surface area contributed by atoms with Crippen LogP contribution in [0.15, 0.2) is 0 Å². The third-order valence-electron chi connectivity index (χ3n) is 4.89. The number of amides is 1. The van der Waals surface area contributed by atoms with E-state index < -0.39 is 11.1 Å². The predicted molar refractivity (Wildman–Crippen MR) is 124 cm³/mol. The summed E-state index contributed by atoms with van der Waals surface area (Å²) in [6.45, 7) is 6.26. The molecule has 0 spiro atoms. The molecule has 0 bridgehead atoms. The number of hydrogen-bond donors (Lipinski definition) is 4. The van der Waals surface area contributed by atoms with Crippen LogP contribution >= 0.6 is 12.4 Å². The van der Waals surface area contributed by atoms with Gasteiger partial charge in [-0.25, -0.2) is 10.1 Å². The summed E-state index contributed by atoms with van der Waals surface area (Å²) in [7, 11) is 0. The van der Waals surface area contributed by atoms with E-state index in [0.29, 0.717) is 19.4 Å². The molecule has 30 heavy (non-hydrogen) atoms. The third-order valence-corrected chi connectivity index (χ3v) is 4.89. The van der Waals surface area contributed by atoms with E-state index in [4.69, 9.17) is 11.1 Å². The number of nitrogens with one attached hydrogen (secondary N) is 3. The Labute approximate surface area is 187 Å². The number of guanidine groups is 1. The standard InChI is InChI=1S/C20H42N6O3.ClH/c1-3-5-7-9-11-16-25(17-12-10-8-6-4-2)19(27)18(21)14-13-15-23-20(22)24-26(28)29;/h18H,3-17,21H2,1-2H3,(H3,22,23,24);1H. The predicted octanol–water partition coefficient (Wildman–Crippen LogP) is 3.59. The number of nitro groups is 1. The fourth-order valence-corrected chi connectivity index (χ4v) is 3.17. The van der Waals surface area contributed by atoms with Crippen molar-refractivity contribution in [1.82, 2.24) is 15.6 Å². The Kier molecular flexibility index (Phi) is 21.1. The molecule has 0 aliphatic carbocycles. The lowest BCUT2D eigenvalue weighted by Crippen LogP contribution is -2.45. The lowest BCUT2D eigenvalue weighted by Gasteiger charge is -2.26. The van der Waals surface area contributed by atoms with E-state index in [1.165, 1.54) is 38.5 Å². The maximum atomic E-state index is 12.8. The van der Waals surface area contributed by atoms with Gasteiger partial charge in [0.2, 0.25) is 5.91 Å². The lowest BCUT2D eigenvalue weighted by atomic mass is 10.1. The van der Waals surface area contributed by atoms with Gasteiger partial charge in [0, 0.05) is 19.6 Å². The maximum absolute atomic E-state index is 12.8. The molecule has 1 amide bonds. The second-order valence-corrected chi connectivity index (χ2v) is 7.57. The Morgan fingerprint density at radius 2 is 1.50 bits per heavy atom. The first-order chi connectivity index (χ1) is 13.9. The topological polar surface area (TPSA) is 137 Å². The van der Waals surface area contributed by atoms with Crippen molar-refractivity contribution in [1.29, 1.82) is 5.41 Å². The molecule has 1 atom stereocenters. The van der Waals surface area contributed by atoms with Crippen molar-refractivity contribution in [2.75, 3.05) is 19.6 Å². The third kappa shape index (κ3) is 17.3. The van der Waals surface area contributed by atoms with Crippen molar-refractivity contribution in [3.05, 3.63) is 10.1 Å². The van der Waals surface area contributed by atoms with Gasteiger partial charge in [0.25, 0.3) is 5.96 Å². The number of hydrazine groups is 1. The van der Waals surface area contributed by atoms with Gasteiger partial charge in [-0.2, -0.15) is 0 Å². The number of unbranched alkanes of at least 4 members (excludes halogenated alkanes) is 8. The molecule has 0 aromatic rings. The average Bonchev–Trinajstić information content (AvgIpc) is 2.68. The Bertz CT molecular complexity index is 454. The van der Waals surface area contributed by atoms with Gasteiger partial charge in [0.05, 0.1) is 6.04 Å². The molecule has 0 aliphatic heterocycles. The summed E-state index contributed by atoms with van der Waals surface area (Å²) in [5.41, 5.74) is 7.86. The SMILES string of the molecule is CCCCCCCN(CCCCCCC)C(=O)C(N)CCCNC(=N)N[N+](=O)[O-].Cl. The van der Waals surface area contributed by atoms with E-state index in [9.17, 15) is 14.9 Å². The molecule has 0 rings (SSSR count). The molecule has 0 heterocycles. The van der Waals surface area contributed by atoms with Crippen molar-refractivity contribution in [2.24, 2.45) is 5.73 Å². The molecular weight excluding hydrogens is 408 g/mol. The molecule has 5 N–H and O–H groups in total. The monoisotopic (exact) mass is 450 g/mol. The van der Waals surface area contributed by atoms with Crippen molar-refractivity contribution in [2.45, 2.75) is 96.9 Å². The largest absolute Gasteiger partial charge is 0.352 e. The first kappa shape index (κ1) is 30.6.